The van der Waals surface area contributed by atoms with Crippen molar-refractivity contribution in [1.82, 2.24) is 5.32 Å². The molecule has 0 bridgehead atoms. The largest absolute Gasteiger partial charge is 0.506 e. The van der Waals surface area contributed by atoms with Crippen LogP contribution in [-0.4, -0.2) is 51.8 Å². The number of nitrogens with one attached hydrogen (secondary N) is 2. The number of aliphatic hydroxyl groups is 1. The Morgan fingerprint density at radius 3 is 2.45 bits per heavy atom. The molecule has 0 aliphatic heterocycles. The molecule has 0 saturated heterocycles. The molecule has 0 aliphatic carbocycles. The van der Waals surface area contributed by atoms with Crippen molar-refractivity contribution in [3.63, 3.8) is 0 Å². The van der Waals surface area contributed by atoms with E-state index in [0.717, 1.165) is 11.8 Å². The van der Waals surface area contributed by atoms with E-state index in [4.69, 9.17) is 9.47 Å². The van der Waals surface area contributed by atoms with Crippen LogP contribution in [0.4, 0.5) is 5.69 Å². The van der Waals surface area contributed by atoms with Crippen LogP contribution < -0.4 is 19.5 Å². The first-order valence-electron chi connectivity index (χ1n) is 9.70. The van der Waals surface area contributed by atoms with Crippen LogP contribution in [0.5, 0.6) is 17.2 Å². The SMILES string of the molecule is C=CCC(NC[C@@H](O)Cc1ccc(O)c(NS(C)(=O)=O)c1)c1ccc(OC)c(OC)c1. The number of phenolic OH excluding ortho intramolecular Hbond substituents is 1. The van der Waals surface area contributed by atoms with Gasteiger partial charge in [-0.2, -0.15) is 0 Å². The highest BCUT2D eigenvalue weighted by Gasteiger charge is 2.16. The van der Waals surface area contributed by atoms with E-state index in [0.29, 0.717) is 30.0 Å². The van der Waals surface area contributed by atoms with Gasteiger partial charge in [0.15, 0.2) is 11.5 Å². The number of benzene rings is 2. The fraction of sp³-hybridized carbons (Fsp3) is 0.364. The molecule has 0 aromatic heterocycles. The maximum Gasteiger partial charge on any atom is 0.229 e. The third kappa shape index (κ3) is 7.46. The lowest BCUT2D eigenvalue weighted by Crippen LogP contribution is -2.31. The summed E-state index contributed by atoms with van der Waals surface area (Å²) in [6.07, 6.45) is 2.99. The van der Waals surface area contributed by atoms with Crippen molar-refractivity contribution in [2.24, 2.45) is 0 Å². The summed E-state index contributed by atoms with van der Waals surface area (Å²) in [5.41, 5.74) is 1.73. The van der Waals surface area contributed by atoms with Gasteiger partial charge in [0.25, 0.3) is 0 Å². The number of hydrogen-bond donors (Lipinski definition) is 4. The van der Waals surface area contributed by atoms with Crippen molar-refractivity contribution in [3.8, 4) is 17.2 Å². The molecule has 4 N–H and O–H groups in total. The van der Waals surface area contributed by atoms with Crippen LogP contribution in [0, 0.1) is 0 Å². The lowest BCUT2D eigenvalue weighted by molar-refractivity contribution is 0.167. The maximum atomic E-state index is 11.4. The van der Waals surface area contributed by atoms with Gasteiger partial charge in [-0.3, -0.25) is 4.72 Å². The van der Waals surface area contributed by atoms with E-state index in [9.17, 15) is 18.6 Å². The number of phenols is 1. The summed E-state index contributed by atoms with van der Waals surface area (Å²) in [7, 11) is -0.375. The van der Waals surface area contributed by atoms with Crippen molar-refractivity contribution >= 4 is 15.7 Å². The number of ether oxygens (including phenoxy) is 2. The lowest BCUT2D eigenvalue weighted by Gasteiger charge is -2.21. The molecule has 0 amide bonds. The van der Waals surface area contributed by atoms with E-state index >= 15 is 0 Å². The minimum Gasteiger partial charge on any atom is -0.506 e. The van der Waals surface area contributed by atoms with Gasteiger partial charge in [-0.15, -0.1) is 6.58 Å². The highest BCUT2D eigenvalue weighted by atomic mass is 32.2. The molecule has 2 aromatic rings. The number of methoxy groups -OCH3 is 2. The smallest absolute Gasteiger partial charge is 0.229 e. The zero-order valence-electron chi connectivity index (χ0n) is 18.0. The number of aromatic hydroxyl groups is 1. The second kappa shape index (κ2) is 11.0. The van der Waals surface area contributed by atoms with Crippen molar-refractivity contribution in [1.29, 1.82) is 0 Å². The molecule has 0 heterocycles. The number of rotatable bonds is 12. The Bertz CT molecular complexity index is 993. The Balaban J connectivity index is 2.06. The van der Waals surface area contributed by atoms with E-state index in [2.05, 4.69) is 16.6 Å². The number of sulfonamides is 1. The van der Waals surface area contributed by atoms with Gasteiger partial charge in [0, 0.05) is 12.6 Å². The normalized spacial score (nSPS) is 13.3. The second-order valence-electron chi connectivity index (χ2n) is 7.18. The third-order valence-corrected chi connectivity index (χ3v) is 5.23. The first-order valence-corrected chi connectivity index (χ1v) is 11.6. The molecule has 0 spiro atoms. The van der Waals surface area contributed by atoms with E-state index in [1.165, 1.54) is 12.1 Å². The van der Waals surface area contributed by atoms with Gasteiger partial charge in [0.05, 0.1) is 32.3 Å². The minimum atomic E-state index is -3.53. The summed E-state index contributed by atoms with van der Waals surface area (Å²) >= 11 is 0. The first kappa shape index (κ1) is 24.5. The predicted molar refractivity (Wildman–Crippen MR) is 121 cm³/mol. The molecule has 170 valence electrons. The Labute approximate surface area is 183 Å². The van der Waals surface area contributed by atoms with Gasteiger partial charge in [-0.1, -0.05) is 18.2 Å². The highest BCUT2D eigenvalue weighted by molar-refractivity contribution is 7.92. The van der Waals surface area contributed by atoms with Crippen LogP contribution in [0.25, 0.3) is 0 Å². The van der Waals surface area contributed by atoms with Crippen LogP contribution in [0.3, 0.4) is 0 Å². The maximum absolute atomic E-state index is 11.4. The summed E-state index contributed by atoms with van der Waals surface area (Å²) in [6.45, 7) is 4.10. The zero-order valence-corrected chi connectivity index (χ0v) is 18.8. The van der Waals surface area contributed by atoms with Crippen molar-refractivity contribution in [2.45, 2.75) is 25.0 Å². The van der Waals surface area contributed by atoms with E-state index < -0.39 is 16.1 Å². The van der Waals surface area contributed by atoms with E-state index in [1.54, 1.807) is 26.4 Å². The molecule has 0 radical (unpaired) electrons. The fourth-order valence-electron chi connectivity index (χ4n) is 3.19. The molecule has 8 nitrogen and oxygen atoms in total. The quantitative estimate of drug-likeness (QED) is 0.290. The molecule has 0 saturated carbocycles. The lowest BCUT2D eigenvalue weighted by atomic mass is 10.0. The number of aliphatic hydroxyl groups excluding tert-OH is 1. The summed E-state index contributed by atoms with van der Waals surface area (Å²) < 4.78 is 35.8. The van der Waals surface area contributed by atoms with Gasteiger partial charge in [-0.05, 0) is 48.2 Å². The molecule has 0 fully saturated rings. The van der Waals surface area contributed by atoms with Gasteiger partial charge < -0.3 is 25.0 Å². The Hall–Kier alpha value is -2.75. The number of anilines is 1. The van der Waals surface area contributed by atoms with Gasteiger partial charge in [0.1, 0.15) is 5.75 Å². The Morgan fingerprint density at radius 1 is 1.13 bits per heavy atom. The fourth-order valence-corrected chi connectivity index (χ4v) is 3.75. The van der Waals surface area contributed by atoms with Crippen LogP contribution in [0.2, 0.25) is 0 Å². The summed E-state index contributed by atoms with van der Waals surface area (Å²) in [5.74, 6) is 1.07. The molecular weight excluding hydrogens is 420 g/mol. The minimum absolute atomic E-state index is 0.0787. The monoisotopic (exact) mass is 450 g/mol. The molecule has 0 aliphatic rings. The van der Waals surface area contributed by atoms with E-state index in [1.807, 2.05) is 18.2 Å². The van der Waals surface area contributed by atoms with Gasteiger partial charge >= 0.3 is 0 Å². The van der Waals surface area contributed by atoms with Gasteiger partial charge in [0.2, 0.25) is 10.0 Å². The average molecular weight is 451 g/mol. The summed E-state index contributed by atoms with van der Waals surface area (Å²) in [5, 5.41) is 23.7. The summed E-state index contributed by atoms with van der Waals surface area (Å²) in [4.78, 5) is 0. The third-order valence-electron chi connectivity index (χ3n) is 4.64. The first-order chi connectivity index (χ1) is 14.7. The summed E-state index contributed by atoms with van der Waals surface area (Å²) in [6, 6.07) is 10.1. The molecule has 2 aromatic carbocycles. The molecule has 2 atom stereocenters. The molecular formula is C22H30N2O6S. The Kier molecular flexibility index (Phi) is 8.73. The second-order valence-corrected chi connectivity index (χ2v) is 8.93. The van der Waals surface area contributed by atoms with Crippen molar-refractivity contribution < 1.29 is 28.1 Å². The molecule has 2 rings (SSSR count). The molecule has 9 heteroatoms. The average Bonchev–Trinajstić information content (AvgIpc) is 2.72. The van der Waals surface area contributed by atoms with Crippen molar-refractivity contribution in [3.05, 3.63) is 60.2 Å². The van der Waals surface area contributed by atoms with Crippen LogP contribution in [0.1, 0.15) is 23.6 Å². The van der Waals surface area contributed by atoms with Crippen LogP contribution in [0.15, 0.2) is 49.1 Å². The van der Waals surface area contributed by atoms with Gasteiger partial charge in [-0.25, -0.2) is 8.42 Å². The predicted octanol–water partition coefficient (Wildman–Crippen LogP) is 2.59. The van der Waals surface area contributed by atoms with Crippen molar-refractivity contribution in [2.75, 3.05) is 31.7 Å². The van der Waals surface area contributed by atoms with Crippen LogP contribution >= 0.6 is 0 Å². The number of hydrogen-bond acceptors (Lipinski definition) is 7. The molecule has 31 heavy (non-hydrogen) atoms. The van der Waals surface area contributed by atoms with E-state index in [-0.39, 0.29) is 23.9 Å². The van der Waals surface area contributed by atoms with Crippen LogP contribution in [-0.2, 0) is 16.4 Å². The zero-order chi connectivity index (χ0) is 23.0. The highest BCUT2D eigenvalue weighted by Crippen LogP contribution is 2.31. The standard InChI is InChI=1S/C22H30N2O6S/c1-5-6-18(16-8-10-21(29-2)22(13-16)30-3)23-14-17(25)11-15-7-9-20(26)19(12-15)24-31(4,27)28/h5,7-10,12-13,17-18,23-26H,1,6,11,14H2,2-4H3/t17-,18?/m0/s1. The Morgan fingerprint density at radius 2 is 1.84 bits per heavy atom. The molecule has 1 unspecified atom stereocenters. The topological polar surface area (TPSA) is 117 Å².